The highest BCUT2D eigenvalue weighted by Gasteiger charge is 2.28. The summed E-state index contributed by atoms with van der Waals surface area (Å²) < 4.78 is 11.5. The molecule has 1 aromatic carbocycles. The Labute approximate surface area is 232 Å². The van der Waals surface area contributed by atoms with Crippen LogP contribution in [0.2, 0.25) is 0 Å². The third-order valence-corrected chi connectivity index (χ3v) is 6.49. The summed E-state index contributed by atoms with van der Waals surface area (Å²) in [5.41, 5.74) is 3.45. The molecule has 2 heterocycles. The minimum atomic E-state index is -0.910. The average molecular weight is 551 g/mol. The number of aromatic nitrogens is 3. The number of carbonyl (C=O) groups excluding carboxylic acids is 4. The molecule has 0 radical (unpaired) electrons. The van der Waals surface area contributed by atoms with Crippen LogP contribution in [0.25, 0.3) is 5.52 Å². The molecule has 0 atom stereocenters. The van der Waals surface area contributed by atoms with Crippen LogP contribution >= 0.6 is 0 Å². The van der Waals surface area contributed by atoms with Crippen molar-refractivity contribution in [2.75, 3.05) is 18.7 Å². The first-order valence-corrected chi connectivity index (χ1v) is 13.4. The van der Waals surface area contributed by atoms with E-state index < -0.39 is 24.8 Å². The van der Waals surface area contributed by atoms with Crippen LogP contribution in [0.5, 0.6) is 0 Å². The van der Waals surface area contributed by atoms with E-state index in [2.05, 4.69) is 20.7 Å². The first-order valence-electron chi connectivity index (χ1n) is 13.4. The molecule has 12 nitrogen and oxygen atoms in total. The lowest BCUT2D eigenvalue weighted by molar-refractivity contribution is -0.152. The number of aryl methyl sites for hydroxylation is 2. The lowest BCUT2D eigenvalue weighted by atomic mass is 10.1. The monoisotopic (exact) mass is 550 g/mol. The van der Waals surface area contributed by atoms with E-state index in [-0.39, 0.29) is 30.5 Å². The number of imide groups is 1. The van der Waals surface area contributed by atoms with Crippen LogP contribution in [0.1, 0.15) is 77.8 Å². The highest BCUT2D eigenvalue weighted by atomic mass is 16.7. The lowest BCUT2D eigenvalue weighted by Gasteiger charge is -2.19. The fraction of sp³-hybridized carbons (Fsp3) is 0.429. The van der Waals surface area contributed by atoms with Crippen LogP contribution in [0.3, 0.4) is 0 Å². The van der Waals surface area contributed by atoms with Gasteiger partial charge in [-0.15, -0.1) is 0 Å². The Morgan fingerprint density at radius 1 is 1.10 bits per heavy atom. The maximum absolute atomic E-state index is 13.5. The normalized spacial score (nSPS) is 12.6. The van der Waals surface area contributed by atoms with Gasteiger partial charge in [0.15, 0.2) is 5.82 Å². The van der Waals surface area contributed by atoms with E-state index in [4.69, 9.17) is 9.47 Å². The van der Waals surface area contributed by atoms with Crippen LogP contribution < -0.4 is 10.6 Å². The average Bonchev–Trinajstić information content (AvgIpc) is 3.68. The number of ether oxygens (including phenoxy) is 2. The van der Waals surface area contributed by atoms with E-state index in [0.717, 1.165) is 23.3 Å². The summed E-state index contributed by atoms with van der Waals surface area (Å²) in [6, 6.07) is 5.64. The molecule has 3 amide bonds. The zero-order valence-electron chi connectivity index (χ0n) is 23.2. The van der Waals surface area contributed by atoms with E-state index >= 15 is 0 Å². The molecule has 40 heavy (non-hydrogen) atoms. The minimum absolute atomic E-state index is 0.109. The van der Waals surface area contributed by atoms with Gasteiger partial charge in [0.2, 0.25) is 6.79 Å². The molecule has 0 spiro atoms. The van der Waals surface area contributed by atoms with Crippen LogP contribution in [0.15, 0.2) is 30.7 Å². The SMILES string of the molecule is CCCC(=O)OCOC(=O)N(CCC)C(=O)c1cn2ncnc(Nc3cc(C(=O)NC4CC4)ccc3C)c2c1C. The molecule has 1 fully saturated rings. The molecule has 0 aliphatic heterocycles. The number of fused-ring (bicyclic) bond motifs is 1. The van der Waals surface area contributed by atoms with Crippen LogP contribution in [0, 0.1) is 13.8 Å². The predicted molar refractivity (Wildman–Crippen MR) is 146 cm³/mol. The van der Waals surface area contributed by atoms with Gasteiger partial charge < -0.3 is 20.1 Å². The molecule has 2 N–H and O–H groups in total. The van der Waals surface area contributed by atoms with Gasteiger partial charge in [0, 0.05) is 36.5 Å². The van der Waals surface area contributed by atoms with Crippen LogP contribution in [-0.4, -0.2) is 62.8 Å². The number of nitrogens with zero attached hydrogens (tertiary/aromatic N) is 4. The highest BCUT2D eigenvalue weighted by Crippen LogP contribution is 2.28. The Hall–Kier alpha value is -4.48. The summed E-state index contributed by atoms with van der Waals surface area (Å²) in [6.45, 7) is 6.85. The number of anilines is 2. The number of nitrogens with one attached hydrogen (secondary N) is 2. The Morgan fingerprint density at radius 2 is 1.88 bits per heavy atom. The van der Waals surface area contributed by atoms with E-state index in [1.807, 2.05) is 26.8 Å². The van der Waals surface area contributed by atoms with Crippen molar-refractivity contribution in [3.8, 4) is 0 Å². The molecular weight excluding hydrogens is 516 g/mol. The van der Waals surface area contributed by atoms with E-state index in [9.17, 15) is 19.2 Å². The summed E-state index contributed by atoms with van der Waals surface area (Å²) >= 11 is 0. The summed E-state index contributed by atoms with van der Waals surface area (Å²) in [5.74, 6) is -0.758. The molecule has 12 heteroatoms. The van der Waals surface area contributed by atoms with Gasteiger partial charge in [-0.05, 0) is 62.8 Å². The van der Waals surface area contributed by atoms with Gasteiger partial charge in [-0.1, -0.05) is 19.9 Å². The number of benzene rings is 1. The van der Waals surface area contributed by atoms with Crippen molar-refractivity contribution in [1.29, 1.82) is 0 Å². The second kappa shape index (κ2) is 12.6. The Balaban J connectivity index is 1.57. The third-order valence-electron chi connectivity index (χ3n) is 6.49. The summed E-state index contributed by atoms with van der Waals surface area (Å²) in [4.78, 5) is 55.7. The first kappa shape index (κ1) is 28.5. The number of carbonyl (C=O) groups is 4. The van der Waals surface area contributed by atoms with Gasteiger partial charge in [0.1, 0.15) is 11.8 Å². The second-order valence-corrected chi connectivity index (χ2v) is 9.72. The third kappa shape index (κ3) is 6.56. The molecule has 212 valence electrons. The smallest absolute Gasteiger partial charge is 0.419 e. The van der Waals surface area contributed by atoms with Crippen LogP contribution in [0.4, 0.5) is 16.3 Å². The largest absolute Gasteiger partial charge is 0.428 e. The van der Waals surface area contributed by atoms with Crippen molar-refractivity contribution in [1.82, 2.24) is 24.8 Å². The van der Waals surface area contributed by atoms with E-state index in [1.54, 1.807) is 19.1 Å². The number of amides is 3. The molecule has 0 unspecified atom stereocenters. The van der Waals surface area contributed by atoms with Gasteiger partial charge >= 0.3 is 12.1 Å². The fourth-order valence-corrected chi connectivity index (χ4v) is 4.13. The summed E-state index contributed by atoms with van der Waals surface area (Å²) in [7, 11) is 0. The number of hydrogen-bond acceptors (Lipinski definition) is 9. The van der Waals surface area contributed by atoms with Gasteiger partial charge in [-0.3, -0.25) is 14.4 Å². The molecule has 1 aliphatic rings. The molecular formula is C28H34N6O6. The van der Waals surface area contributed by atoms with Gasteiger partial charge in [0.05, 0.1) is 5.56 Å². The molecule has 2 aromatic heterocycles. The zero-order valence-corrected chi connectivity index (χ0v) is 23.2. The summed E-state index contributed by atoms with van der Waals surface area (Å²) in [6.07, 6.45) is 5.28. The Bertz CT molecular complexity index is 1430. The topological polar surface area (TPSA) is 144 Å². The zero-order chi connectivity index (χ0) is 28.8. The minimum Gasteiger partial charge on any atom is -0.428 e. The second-order valence-electron chi connectivity index (χ2n) is 9.72. The molecule has 0 saturated heterocycles. The first-order chi connectivity index (χ1) is 19.2. The molecule has 4 rings (SSSR count). The summed E-state index contributed by atoms with van der Waals surface area (Å²) in [5, 5.41) is 10.5. The van der Waals surface area contributed by atoms with Gasteiger partial charge in [-0.25, -0.2) is 19.2 Å². The van der Waals surface area contributed by atoms with Gasteiger partial charge in [-0.2, -0.15) is 5.10 Å². The number of esters is 1. The molecule has 0 bridgehead atoms. The molecule has 1 saturated carbocycles. The van der Waals surface area contributed by atoms with Gasteiger partial charge in [0.25, 0.3) is 11.8 Å². The molecule has 3 aromatic rings. The van der Waals surface area contributed by atoms with Crippen molar-refractivity contribution < 1.29 is 28.7 Å². The quantitative estimate of drug-likeness (QED) is 0.264. The van der Waals surface area contributed by atoms with Crippen molar-refractivity contribution >= 4 is 40.9 Å². The highest BCUT2D eigenvalue weighted by molar-refractivity contribution is 6.05. The maximum Gasteiger partial charge on any atom is 0.419 e. The Morgan fingerprint density at radius 3 is 2.58 bits per heavy atom. The van der Waals surface area contributed by atoms with Crippen molar-refractivity contribution in [2.24, 2.45) is 0 Å². The lowest BCUT2D eigenvalue weighted by Crippen LogP contribution is -2.38. The predicted octanol–water partition coefficient (Wildman–Crippen LogP) is 4.27. The number of rotatable bonds is 11. The van der Waals surface area contributed by atoms with Crippen molar-refractivity contribution in [2.45, 2.75) is 65.8 Å². The standard InChI is InChI=1S/C28H34N6O6/c1-5-7-23(35)39-16-40-28(38)33(12-6-2)27(37)21-14-34-24(18(21)4)25(29-15-30-34)32-22-13-19(9-8-17(22)3)26(36)31-20-10-11-20/h8-9,13-15,20H,5-7,10-12,16H2,1-4H3,(H,31,36)(H,29,30,32). The van der Waals surface area contributed by atoms with Crippen molar-refractivity contribution in [3.05, 3.63) is 53.0 Å². The molecule has 1 aliphatic carbocycles. The van der Waals surface area contributed by atoms with E-state index in [1.165, 1.54) is 17.0 Å². The van der Waals surface area contributed by atoms with E-state index in [0.29, 0.717) is 41.0 Å². The number of hydrogen-bond donors (Lipinski definition) is 2. The van der Waals surface area contributed by atoms with Crippen LogP contribution in [-0.2, 0) is 14.3 Å². The van der Waals surface area contributed by atoms with Crippen molar-refractivity contribution in [3.63, 3.8) is 0 Å². The maximum atomic E-state index is 13.5. The fourth-order valence-electron chi connectivity index (χ4n) is 4.13. The Kier molecular flexibility index (Phi) is 8.97.